The van der Waals surface area contributed by atoms with Gasteiger partial charge in [0.05, 0.1) is 17.4 Å². The van der Waals surface area contributed by atoms with Crippen LogP contribution in [0.2, 0.25) is 0 Å². The normalized spacial score (nSPS) is 20.4. The summed E-state index contributed by atoms with van der Waals surface area (Å²) < 4.78 is 15.2. The number of pyridine rings is 1. The highest BCUT2D eigenvalue weighted by molar-refractivity contribution is 5.94. The summed E-state index contributed by atoms with van der Waals surface area (Å²) in [6.07, 6.45) is 8.86. The third-order valence-corrected chi connectivity index (χ3v) is 7.80. The van der Waals surface area contributed by atoms with Gasteiger partial charge in [0.15, 0.2) is 0 Å². The Bertz CT molecular complexity index is 1220. The molecule has 1 amide bonds. The molecule has 2 heterocycles. The number of halogens is 1. The second-order valence-corrected chi connectivity index (χ2v) is 10.2. The highest BCUT2D eigenvalue weighted by Gasteiger charge is 2.43. The van der Waals surface area contributed by atoms with Crippen molar-refractivity contribution in [3.8, 4) is 11.6 Å². The average Bonchev–Trinajstić information content (AvgIpc) is 3.34. The Morgan fingerprint density at radius 3 is 2.69 bits per heavy atom. The van der Waals surface area contributed by atoms with Crippen LogP contribution in [-0.4, -0.2) is 31.8 Å². The van der Waals surface area contributed by atoms with E-state index in [2.05, 4.69) is 35.8 Å². The fourth-order valence-corrected chi connectivity index (χ4v) is 5.47. The summed E-state index contributed by atoms with van der Waals surface area (Å²) in [7, 11) is 0. The molecule has 6 nitrogen and oxygen atoms in total. The van der Waals surface area contributed by atoms with Crippen molar-refractivity contribution in [3.63, 3.8) is 0 Å². The van der Waals surface area contributed by atoms with E-state index < -0.39 is 0 Å². The fourth-order valence-electron chi connectivity index (χ4n) is 5.47. The predicted octanol–water partition coefficient (Wildman–Crippen LogP) is 5.92. The zero-order valence-corrected chi connectivity index (χ0v) is 21.3. The quantitative estimate of drug-likeness (QED) is 0.365. The van der Waals surface area contributed by atoms with Crippen LogP contribution in [0, 0.1) is 24.1 Å². The SMILES string of the molecule is C=C1CC[C@H](CC(CCC)NC(=O)c2ccc(O)nc2)[C@@]1(C)Cc1cnn(-c2ccc(F)cc2)c1C. The molecule has 2 aromatic heterocycles. The number of aromatic hydroxyl groups is 1. The van der Waals surface area contributed by atoms with Gasteiger partial charge in [0.2, 0.25) is 5.88 Å². The van der Waals surface area contributed by atoms with Crippen LogP contribution in [0.3, 0.4) is 0 Å². The molecule has 0 aliphatic heterocycles. The third-order valence-electron chi connectivity index (χ3n) is 7.80. The van der Waals surface area contributed by atoms with E-state index in [0.29, 0.717) is 11.5 Å². The van der Waals surface area contributed by atoms with Crippen molar-refractivity contribution in [1.82, 2.24) is 20.1 Å². The molecular weight excluding hydrogens is 455 g/mol. The van der Waals surface area contributed by atoms with Crippen LogP contribution in [0.1, 0.15) is 67.6 Å². The van der Waals surface area contributed by atoms with Crippen LogP contribution in [0.5, 0.6) is 5.88 Å². The molecule has 1 saturated carbocycles. The van der Waals surface area contributed by atoms with E-state index in [-0.39, 0.29) is 29.1 Å². The predicted molar refractivity (Wildman–Crippen MR) is 139 cm³/mol. The number of rotatable bonds is 9. The first-order chi connectivity index (χ1) is 17.2. The second-order valence-electron chi connectivity index (χ2n) is 10.2. The Kier molecular flexibility index (Phi) is 7.57. The van der Waals surface area contributed by atoms with Crippen LogP contribution < -0.4 is 5.32 Å². The first-order valence-electron chi connectivity index (χ1n) is 12.6. The molecule has 0 radical (unpaired) electrons. The second kappa shape index (κ2) is 10.6. The van der Waals surface area contributed by atoms with E-state index in [0.717, 1.165) is 55.5 Å². The van der Waals surface area contributed by atoms with Gasteiger partial charge < -0.3 is 10.4 Å². The van der Waals surface area contributed by atoms with Crippen molar-refractivity contribution in [2.24, 2.45) is 11.3 Å². The molecule has 1 aromatic carbocycles. The number of carbonyl (C=O) groups excluding carboxylic acids is 1. The maximum Gasteiger partial charge on any atom is 0.253 e. The standard InChI is InChI=1S/C29H35FN4O2/c1-5-6-25(33-28(36)21-8-14-27(35)31-17-21)15-23-9-7-19(2)29(23,4)16-22-18-32-34(20(22)3)26-12-10-24(30)11-13-26/h8,10-14,17-18,23,25H,2,5-7,9,15-16H2,1,3-4H3,(H,31,35)(H,33,36)/t23-,25?,29+/m1/s1. The highest BCUT2D eigenvalue weighted by atomic mass is 19.1. The number of amides is 1. The number of carbonyl (C=O) groups is 1. The summed E-state index contributed by atoms with van der Waals surface area (Å²) in [6, 6.07) is 9.42. The molecule has 190 valence electrons. The van der Waals surface area contributed by atoms with Crippen LogP contribution in [0.15, 0.2) is 60.9 Å². The Hall–Kier alpha value is -3.48. The Labute approximate surface area is 212 Å². The fraction of sp³-hybridized carbons (Fsp3) is 0.414. The summed E-state index contributed by atoms with van der Waals surface area (Å²) >= 11 is 0. The minimum absolute atomic E-state index is 0.0366. The lowest BCUT2D eigenvalue weighted by molar-refractivity contribution is 0.0920. The largest absolute Gasteiger partial charge is 0.493 e. The zero-order chi connectivity index (χ0) is 25.9. The average molecular weight is 491 g/mol. The van der Waals surface area contributed by atoms with Gasteiger partial charge in [-0.2, -0.15) is 5.10 Å². The number of nitrogens with one attached hydrogen (secondary N) is 1. The van der Waals surface area contributed by atoms with Crippen molar-refractivity contribution in [2.75, 3.05) is 0 Å². The molecule has 1 unspecified atom stereocenters. The highest BCUT2D eigenvalue weighted by Crippen LogP contribution is 2.51. The van der Waals surface area contributed by atoms with Crippen molar-refractivity contribution in [1.29, 1.82) is 0 Å². The van der Waals surface area contributed by atoms with Gasteiger partial charge in [0, 0.05) is 24.0 Å². The monoisotopic (exact) mass is 490 g/mol. The topological polar surface area (TPSA) is 80.0 Å². The summed E-state index contributed by atoms with van der Waals surface area (Å²) in [4.78, 5) is 16.7. The number of hydrogen-bond donors (Lipinski definition) is 2. The van der Waals surface area contributed by atoms with E-state index in [4.69, 9.17) is 0 Å². The summed E-state index contributed by atoms with van der Waals surface area (Å²) in [5, 5.41) is 17.2. The van der Waals surface area contributed by atoms with Gasteiger partial charge in [-0.25, -0.2) is 14.1 Å². The molecule has 36 heavy (non-hydrogen) atoms. The van der Waals surface area contributed by atoms with Crippen LogP contribution in [0.4, 0.5) is 4.39 Å². The zero-order valence-electron chi connectivity index (χ0n) is 21.3. The molecule has 3 aromatic rings. The van der Waals surface area contributed by atoms with Crippen molar-refractivity contribution in [2.45, 2.75) is 65.3 Å². The maximum atomic E-state index is 13.4. The van der Waals surface area contributed by atoms with Gasteiger partial charge in [-0.1, -0.05) is 32.4 Å². The lowest BCUT2D eigenvalue weighted by Gasteiger charge is -2.35. The number of nitrogens with zero attached hydrogens (tertiary/aromatic N) is 3. The lowest BCUT2D eigenvalue weighted by atomic mass is 9.70. The molecule has 0 saturated heterocycles. The van der Waals surface area contributed by atoms with Gasteiger partial charge in [-0.05, 0) is 86.3 Å². The number of aromatic nitrogens is 3. The number of hydrogen-bond acceptors (Lipinski definition) is 4. The van der Waals surface area contributed by atoms with Crippen molar-refractivity contribution >= 4 is 5.91 Å². The van der Waals surface area contributed by atoms with E-state index in [1.165, 1.54) is 30.0 Å². The lowest BCUT2D eigenvalue weighted by Crippen LogP contribution is -2.39. The molecule has 1 fully saturated rings. The van der Waals surface area contributed by atoms with Crippen LogP contribution in [0.25, 0.3) is 5.69 Å². The van der Waals surface area contributed by atoms with Crippen molar-refractivity contribution < 1.29 is 14.3 Å². The Morgan fingerprint density at radius 1 is 1.28 bits per heavy atom. The van der Waals surface area contributed by atoms with Crippen molar-refractivity contribution in [3.05, 3.63) is 83.6 Å². The van der Waals surface area contributed by atoms with E-state index in [1.807, 2.05) is 17.8 Å². The molecule has 2 N–H and O–H groups in total. The first-order valence-corrected chi connectivity index (χ1v) is 12.6. The smallest absolute Gasteiger partial charge is 0.253 e. The Balaban J connectivity index is 1.51. The van der Waals surface area contributed by atoms with E-state index in [1.54, 1.807) is 18.2 Å². The minimum Gasteiger partial charge on any atom is -0.493 e. The third kappa shape index (κ3) is 5.35. The number of benzene rings is 1. The Morgan fingerprint density at radius 2 is 2.03 bits per heavy atom. The van der Waals surface area contributed by atoms with E-state index >= 15 is 0 Å². The maximum absolute atomic E-state index is 13.4. The molecule has 4 rings (SSSR count). The molecule has 7 heteroatoms. The van der Waals surface area contributed by atoms with Gasteiger partial charge >= 0.3 is 0 Å². The first kappa shape index (κ1) is 25.6. The van der Waals surface area contributed by atoms with Crippen LogP contribution >= 0.6 is 0 Å². The van der Waals surface area contributed by atoms with Gasteiger partial charge in [-0.15, -0.1) is 0 Å². The van der Waals surface area contributed by atoms with Gasteiger partial charge in [-0.3, -0.25) is 4.79 Å². The molecule has 1 aliphatic carbocycles. The molecule has 0 bridgehead atoms. The number of allylic oxidation sites excluding steroid dienone is 1. The molecular formula is C29H35FN4O2. The van der Waals surface area contributed by atoms with Gasteiger partial charge in [0.25, 0.3) is 5.91 Å². The molecule has 1 aliphatic rings. The summed E-state index contributed by atoms with van der Waals surface area (Å²) in [5.74, 6) is -0.170. The van der Waals surface area contributed by atoms with Crippen LogP contribution in [-0.2, 0) is 6.42 Å². The summed E-state index contributed by atoms with van der Waals surface area (Å²) in [5.41, 5.74) is 4.60. The van der Waals surface area contributed by atoms with Gasteiger partial charge in [0.1, 0.15) is 5.82 Å². The molecule has 3 atom stereocenters. The summed E-state index contributed by atoms with van der Waals surface area (Å²) in [6.45, 7) is 10.9. The minimum atomic E-state index is -0.267. The molecule has 0 spiro atoms. The van der Waals surface area contributed by atoms with E-state index in [9.17, 15) is 14.3 Å².